The SMILES string of the molecule is CC(N)c1nnc(NCc2cccs2)o1. The van der Waals surface area contributed by atoms with Crippen LogP contribution in [0.15, 0.2) is 21.9 Å². The first-order chi connectivity index (χ1) is 7.25. The van der Waals surface area contributed by atoms with Gasteiger partial charge >= 0.3 is 6.01 Å². The molecule has 2 aromatic rings. The zero-order chi connectivity index (χ0) is 10.7. The van der Waals surface area contributed by atoms with Gasteiger partial charge in [0.05, 0.1) is 12.6 Å². The third-order valence-corrected chi connectivity index (χ3v) is 2.70. The fourth-order valence-corrected chi connectivity index (χ4v) is 1.71. The maximum Gasteiger partial charge on any atom is 0.315 e. The Morgan fingerprint density at radius 3 is 3.07 bits per heavy atom. The van der Waals surface area contributed by atoms with Gasteiger partial charge in [-0.1, -0.05) is 11.2 Å². The molecule has 0 aliphatic heterocycles. The molecule has 1 atom stereocenters. The number of nitrogens with zero attached hydrogens (tertiary/aromatic N) is 2. The van der Waals surface area contributed by atoms with Crippen LogP contribution in [0, 0.1) is 0 Å². The minimum absolute atomic E-state index is 0.227. The lowest BCUT2D eigenvalue weighted by molar-refractivity contribution is 0.473. The smallest absolute Gasteiger partial charge is 0.315 e. The van der Waals surface area contributed by atoms with Crippen LogP contribution in [0.3, 0.4) is 0 Å². The molecule has 0 bridgehead atoms. The van der Waals surface area contributed by atoms with Crippen LogP contribution in [0.25, 0.3) is 0 Å². The Balaban J connectivity index is 1.94. The minimum Gasteiger partial charge on any atom is -0.406 e. The molecule has 1 unspecified atom stereocenters. The fraction of sp³-hybridized carbons (Fsp3) is 0.333. The number of nitrogens with one attached hydrogen (secondary N) is 1. The van der Waals surface area contributed by atoms with E-state index in [2.05, 4.69) is 15.5 Å². The van der Waals surface area contributed by atoms with Gasteiger partial charge in [-0.25, -0.2) is 0 Å². The van der Waals surface area contributed by atoms with E-state index in [9.17, 15) is 0 Å². The van der Waals surface area contributed by atoms with Crippen LogP contribution >= 0.6 is 11.3 Å². The molecular formula is C9H12N4OS. The number of hydrogen-bond acceptors (Lipinski definition) is 6. The van der Waals surface area contributed by atoms with Crippen LogP contribution in [0.2, 0.25) is 0 Å². The molecule has 6 heteroatoms. The van der Waals surface area contributed by atoms with Crippen LogP contribution in [-0.2, 0) is 6.54 Å². The summed E-state index contributed by atoms with van der Waals surface area (Å²) in [4.78, 5) is 1.22. The number of aromatic nitrogens is 2. The van der Waals surface area contributed by atoms with Gasteiger partial charge in [-0.3, -0.25) is 0 Å². The van der Waals surface area contributed by atoms with Crippen molar-refractivity contribution in [3.8, 4) is 0 Å². The zero-order valence-corrected chi connectivity index (χ0v) is 9.12. The Morgan fingerprint density at radius 1 is 1.60 bits per heavy atom. The Morgan fingerprint density at radius 2 is 2.47 bits per heavy atom. The predicted octanol–water partition coefficient (Wildman–Crippen LogP) is 1.76. The van der Waals surface area contributed by atoms with Crippen molar-refractivity contribution >= 4 is 17.4 Å². The van der Waals surface area contributed by atoms with Crippen molar-refractivity contribution in [2.24, 2.45) is 5.73 Å². The Kier molecular flexibility index (Phi) is 2.98. The molecule has 5 nitrogen and oxygen atoms in total. The lowest BCUT2D eigenvalue weighted by Gasteiger charge is -1.98. The van der Waals surface area contributed by atoms with E-state index in [1.54, 1.807) is 18.3 Å². The second-order valence-corrected chi connectivity index (χ2v) is 4.20. The third kappa shape index (κ3) is 2.54. The molecule has 15 heavy (non-hydrogen) atoms. The minimum atomic E-state index is -0.227. The molecule has 3 N–H and O–H groups in total. The molecule has 0 amide bonds. The second-order valence-electron chi connectivity index (χ2n) is 3.17. The van der Waals surface area contributed by atoms with E-state index < -0.39 is 0 Å². The standard InChI is InChI=1S/C9H12N4OS/c1-6(10)8-12-13-9(14-8)11-5-7-3-2-4-15-7/h2-4,6H,5,10H2,1H3,(H,11,13). The largest absolute Gasteiger partial charge is 0.406 e. The highest BCUT2D eigenvalue weighted by atomic mass is 32.1. The molecule has 0 saturated heterocycles. The molecule has 0 spiro atoms. The summed E-state index contributed by atoms with van der Waals surface area (Å²) in [6.07, 6.45) is 0. The fourth-order valence-electron chi connectivity index (χ4n) is 1.07. The summed E-state index contributed by atoms with van der Waals surface area (Å²) in [7, 11) is 0. The van der Waals surface area contributed by atoms with E-state index in [0.717, 1.165) is 0 Å². The van der Waals surface area contributed by atoms with Gasteiger partial charge in [-0.2, -0.15) is 0 Å². The summed E-state index contributed by atoms with van der Waals surface area (Å²) in [5, 5.41) is 12.7. The van der Waals surface area contributed by atoms with Crippen LogP contribution in [0.4, 0.5) is 6.01 Å². The molecule has 0 radical (unpaired) electrons. The highest BCUT2D eigenvalue weighted by Crippen LogP contribution is 2.14. The first kappa shape index (κ1) is 10.1. The van der Waals surface area contributed by atoms with Crippen LogP contribution in [0.5, 0.6) is 0 Å². The molecule has 0 aliphatic rings. The average molecular weight is 224 g/mol. The van der Waals surface area contributed by atoms with E-state index in [0.29, 0.717) is 18.5 Å². The summed E-state index contributed by atoms with van der Waals surface area (Å²) in [5.74, 6) is 0.448. The van der Waals surface area contributed by atoms with Crippen molar-refractivity contribution in [1.82, 2.24) is 10.2 Å². The molecule has 0 aliphatic carbocycles. The average Bonchev–Trinajstić information content (AvgIpc) is 2.86. The number of hydrogen-bond donors (Lipinski definition) is 2. The van der Waals surface area contributed by atoms with Gasteiger partial charge in [-0.05, 0) is 18.4 Å². The van der Waals surface area contributed by atoms with Gasteiger partial charge in [0.2, 0.25) is 5.89 Å². The van der Waals surface area contributed by atoms with Crippen molar-refractivity contribution in [3.63, 3.8) is 0 Å². The zero-order valence-electron chi connectivity index (χ0n) is 8.30. The van der Waals surface area contributed by atoms with Crippen molar-refractivity contribution < 1.29 is 4.42 Å². The van der Waals surface area contributed by atoms with Gasteiger partial charge in [0.15, 0.2) is 0 Å². The predicted molar refractivity (Wildman–Crippen MR) is 58.5 cm³/mol. The van der Waals surface area contributed by atoms with Crippen molar-refractivity contribution in [3.05, 3.63) is 28.3 Å². The maximum absolute atomic E-state index is 5.60. The van der Waals surface area contributed by atoms with Gasteiger partial charge < -0.3 is 15.5 Å². The second kappa shape index (κ2) is 4.41. The molecule has 2 heterocycles. The molecule has 0 fully saturated rings. The molecule has 0 aromatic carbocycles. The molecule has 0 saturated carbocycles. The lowest BCUT2D eigenvalue weighted by atomic mass is 10.4. The highest BCUT2D eigenvalue weighted by molar-refractivity contribution is 7.09. The number of nitrogens with two attached hydrogens (primary N) is 1. The van der Waals surface area contributed by atoms with E-state index in [1.165, 1.54) is 4.88 Å². The first-order valence-corrected chi connectivity index (χ1v) is 5.49. The first-order valence-electron chi connectivity index (χ1n) is 4.61. The highest BCUT2D eigenvalue weighted by Gasteiger charge is 2.09. The summed E-state index contributed by atoms with van der Waals surface area (Å²) < 4.78 is 5.29. The number of rotatable bonds is 4. The van der Waals surface area contributed by atoms with Gasteiger partial charge in [0.1, 0.15) is 0 Å². The topological polar surface area (TPSA) is 77.0 Å². The van der Waals surface area contributed by atoms with Gasteiger partial charge in [0.25, 0.3) is 0 Å². The summed E-state index contributed by atoms with van der Waals surface area (Å²) in [6, 6.07) is 4.23. The van der Waals surface area contributed by atoms with Crippen LogP contribution < -0.4 is 11.1 Å². The maximum atomic E-state index is 5.60. The van der Waals surface area contributed by atoms with Crippen molar-refractivity contribution in [1.29, 1.82) is 0 Å². The van der Waals surface area contributed by atoms with Crippen LogP contribution in [0.1, 0.15) is 23.7 Å². The van der Waals surface area contributed by atoms with Crippen LogP contribution in [-0.4, -0.2) is 10.2 Å². The summed E-state index contributed by atoms with van der Waals surface area (Å²) >= 11 is 1.68. The summed E-state index contributed by atoms with van der Waals surface area (Å²) in [5.41, 5.74) is 5.60. The van der Waals surface area contributed by atoms with E-state index in [1.807, 2.05) is 17.5 Å². The molecule has 80 valence electrons. The summed E-state index contributed by atoms with van der Waals surface area (Å²) in [6.45, 7) is 2.49. The Hall–Kier alpha value is -1.40. The van der Waals surface area contributed by atoms with E-state index >= 15 is 0 Å². The number of anilines is 1. The normalized spacial score (nSPS) is 12.7. The van der Waals surface area contributed by atoms with E-state index in [-0.39, 0.29) is 6.04 Å². The molecule has 2 aromatic heterocycles. The van der Waals surface area contributed by atoms with Crippen molar-refractivity contribution in [2.45, 2.75) is 19.5 Å². The molecule has 2 rings (SSSR count). The van der Waals surface area contributed by atoms with Crippen molar-refractivity contribution in [2.75, 3.05) is 5.32 Å². The van der Waals surface area contributed by atoms with E-state index in [4.69, 9.17) is 10.2 Å². The Labute approximate surface area is 91.3 Å². The van der Waals surface area contributed by atoms with Gasteiger partial charge in [0, 0.05) is 4.88 Å². The molecular weight excluding hydrogens is 212 g/mol. The van der Waals surface area contributed by atoms with Gasteiger partial charge in [-0.15, -0.1) is 16.4 Å². The Bertz CT molecular complexity index is 409. The lowest BCUT2D eigenvalue weighted by Crippen LogP contribution is -2.04. The monoisotopic (exact) mass is 224 g/mol. The quantitative estimate of drug-likeness (QED) is 0.827. The third-order valence-electron chi connectivity index (χ3n) is 1.82. The number of thiophene rings is 1.